The highest BCUT2D eigenvalue weighted by Gasteiger charge is 2.17. The lowest BCUT2D eigenvalue weighted by Crippen LogP contribution is -2.34. The number of hydrogen-bond donors (Lipinski definition) is 1. The molecule has 7 nitrogen and oxygen atoms in total. The second kappa shape index (κ2) is 7.88. The standard InChI is InChI=1S/C19H27N5O2/c1-14-8-15(2)24(20-14)12-18(25)11-23(13-19-6-5-7-26-19)10-17-9-22(4)21-16(17)3/h5-9,18,25H,10-13H2,1-4H3. The minimum Gasteiger partial charge on any atom is -0.468 e. The molecule has 1 atom stereocenters. The molecule has 1 unspecified atom stereocenters. The third-order valence-electron chi connectivity index (χ3n) is 4.42. The van der Waals surface area contributed by atoms with Gasteiger partial charge in [0.05, 0.1) is 36.8 Å². The van der Waals surface area contributed by atoms with Crippen LogP contribution in [0.5, 0.6) is 0 Å². The van der Waals surface area contributed by atoms with E-state index in [1.54, 1.807) is 6.26 Å². The molecule has 26 heavy (non-hydrogen) atoms. The van der Waals surface area contributed by atoms with Gasteiger partial charge in [-0.1, -0.05) is 0 Å². The summed E-state index contributed by atoms with van der Waals surface area (Å²) in [4.78, 5) is 2.18. The zero-order valence-corrected chi connectivity index (χ0v) is 15.9. The Labute approximate surface area is 153 Å². The molecule has 3 rings (SSSR count). The highest BCUT2D eigenvalue weighted by atomic mass is 16.3. The van der Waals surface area contributed by atoms with Crippen LogP contribution in [-0.4, -0.2) is 42.2 Å². The molecular weight excluding hydrogens is 330 g/mol. The molecule has 3 aromatic rings. The molecule has 0 amide bonds. The predicted molar refractivity (Wildman–Crippen MR) is 98.5 cm³/mol. The molecule has 3 heterocycles. The van der Waals surface area contributed by atoms with Crippen molar-refractivity contribution in [2.75, 3.05) is 6.54 Å². The predicted octanol–water partition coefficient (Wildman–Crippen LogP) is 2.20. The summed E-state index contributed by atoms with van der Waals surface area (Å²) in [6.07, 6.45) is 3.17. The van der Waals surface area contributed by atoms with E-state index in [9.17, 15) is 5.11 Å². The summed E-state index contributed by atoms with van der Waals surface area (Å²) in [6, 6.07) is 5.86. The molecule has 0 aliphatic heterocycles. The van der Waals surface area contributed by atoms with Crippen molar-refractivity contribution in [2.24, 2.45) is 7.05 Å². The van der Waals surface area contributed by atoms with Gasteiger partial charge in [0.2, 0.25) is 0 Å². The van der Waals surface area contributed by atoms with Gasteiger partial charge in [0, 0.05) is 37.6 Å². The summed E-state index contributed by atoms with van der Waals surface area (Å²) in [6.45, 7) is 8.31. The van der Waals surface area contributed by atoms with Crippen LogP contribution >= 0.6 is 0 Å². The molecule has 0 saturated carbocycles. The maximum absolute atomic E-state index is 10.6. The first-order valence-corrected chi connectivity index (χ1v) is 8.83. The van der Waals surface area contributed by atoms with E-state index in [1.807, 2.05) is 61.6 Å². The number of nitrogens with zero attached hydrogens (tertiary/aromatic N) is 5. The second-order valence-electron chi connectivity index (χ2n) is 6.93. The van der Waals surface area contributed by atoms with Crippen LogP contribution in [0.1, 0.15) is 28.4 Å². The van der Waals surface area contributed by atoms with Gasteiger partial charge in [-0.2, -0.15) is 10.2 Å². The molecule has 7 heteroatoms. The van der Waals surface area contributed by atoms with Crippen molar-refractivity contribution in [3.8, 4) is 0 Å². The number of furan rings is 1. The number of rotatable bonds is 8. The van der Waals surface area contributed by atoms with Crippen LogP contribution in [0, 0.1) is 20.8 Å². The van der Waals surface area contributed by atoms with Crippen molar-refractivity contribution in [3.63, 3.8) is 0 Å². The lowest BCUT2D eigenvalue weighted by molar-refractivity contribution is 0.0838. The number of aromatic nitrogens is 4. The van der Waals surface area contributed by atoms with Crippen LogP contribution in [0.3, 0.4) is 0 Å². The fourth-order valence-corrected chi connectivity index (χ4v) is 3.27. The molecule has 0 aromatic carbocycles. The van der Waals surface area contributed by atoms with E-state index in [1.165, 1.54) is 0 Å². The molecule has 0 aliphatic rings. The van der Waals surface area contributed by atoms with Crippen LogP contribution < -0.4 is 0 Å². The zero-order valence-electron chi connectivity index (χ0n) is 15.9. The van der Waals surface area contributed by atoms with E-state index in [0.717, 1.165) is 28.4 Å². The second-order valence-corrected chi connectivity index (χ2v) is 6.93. The van der Waals surface area contributed by atoms with Crippen LogP contribution in [0.2, 0.25) is 0 Å². The summed E-state index contributed by atoms with van der Waals surface area (Å²) in [5, 5.41) is 19.5. The van der Waals surface area contributed by atoms with Gasteiger partial charge in [0.15, 0.2) is 0 Å². The topological polar surface area (TPSA) is 72.2 Å². The zero-order chi connectivity index (χ0) is 18.7. The van der Waals surface area contributed by atoms with Crippen molar-refractivity contribution in [2.45, 2.75) is 46.5 Å². The highest BCUT2D eigenvalue weighted by molar-refractivity contribution is 5.15. The lowest BCUT2D eigenvalue weighted by atomic mass is 10.2. The van der Waals surface area contributed by atoms with Crippen molar-refractivity contribution in [1.82, 2.24) is 24.5 Å². The molecule has 0 bridgehead atoms. The van der Waals surface area contributed by atoms with Gasteiger partial charge in [-0.3, -0.25) is 14.3 Å². The van der Waals surface area contributed by atoms with Gasteiger partial charge in [-0.15, -0.1) is 0 Å². The average molecular weight is 357 g/mol. The normalized spacial score (nSPS) is 12.8. The van der Waals surface area contributed by atoms with Crippen molar-refractivity contribution < 1.29 is 9.52 Å². The number of aliphatic hydroxyl groups excluding tert-OH is 1. The molecule has 0 radical (unpaired) electrons. The van der Waals surface area contributed by atoms with Crippen LogP contribution in [0.4, 0.5) is 0 Å². The average Bonchev–Trinajstić information content (AvgIpc) is 3.23. The number of aryl methyl sites for hydroxylation is 4. The molecule has 1 N–H and O–H groups in total. The minimum absolute atomic E-state index is 0.473. The lowest BCUT2D eigenvalue weighted by Gasteiger charge is -2.24. The van der Waals surface area contributed by atoms with Crippen LogP contribution in [-0.2, 0) is 26.7 Å². The van der Waals surface area contributed by atoms with Gasteiger partial charge >= 0.3 is 0 Å². The number of hydrogen-bond acceptors (Lipinski definition) is 5. The maximum Gasteiger partial charge on any atom is 0.117 e. The largest absolute Gasteiger partial charge is 0.468 e. The maximum atomic E-state index is 10.6. The Morgan fingerprint density at radius 2 is 2.04 bits per heavy atom. The van der Waals surface area contributed by atoms with Gasteiger partial charge in [-0.25, -0.2) is 0 Å². The molecule has 3 aromatic heterocycles. The van der Waals surface area contributed by atoms with Gasteiger partial charge in [0.1, 0.15) is 5.76 Å². The third-order valence-corrected chi connectivity index (χ3v) is 4.42. The van der Waals surface area contributed by atoms with Gasteiger partial charge in [0.25, 0.3) is 0 Å². The molecule has 140 valence electrons. The van der Waals surface area contributed by atoms with E-state index < -0.39 is 6.10 Å². The van der Waals surface area contributed by atoms with Crippen LogP contribution in [0.25, 0.3) is 0 Å². The quantitative estimate of drug-likeness (QED) is 0.669. The summed E-state index contributed by atoms with van der Waals surface area (Å²) in [7, 11) is 1.92. The SMILES string of the molecule is Cc1cc(C)n(CC(O)CN(Cc2ccco2)Cc2cn(C)nc2C)n1. The Balaban J connectivity index is 1.70. The first-order chi connectivity index (χ1) is 12.4. The Kier molecular flexibility index (Phi) is 5.58. The van der Waals surface area contributed by atoms with Crippen molar-refractivity contribution in [1.29, 1.82) is 0 Å². The summed E-state index contributed by atoms with van der Waals surface area (Å²) < 4.78 is 9.18. The van der Waals surface area contributed by atoms with E-state index >= 15 is 0 Å². The smallest absolute Gasteiger partial charge is 0.117 e. The summed E-state index contributed by atoms with van der Waals surface area (Å²) in [5.74, 6) is 0.879. The molecular formula is C19H27N5O2. The van der Waals surface area contributed by atoms with Crippen molar-refractivity contribution in [3.05, 3.63) is 59.1 Å². The number of aliphatic hydroxyl groups is 1. The highest BCUT2D eigenvalue weighted by Crippen LogP contribution is 2.14. The Hall–Kier alpha value is -2.38. The summed E-state index contributed by atoms with van der Waals surface area (Å²) in [5.41, 5.74) is 4.18. The molecule has 0 saturated heterocycles. The van der Waals surface area contributed by atoms with E-state index in [2.05, 4.69) is 15.1 Å². The van der Waals surface area contributed by atoms with Gasteiger partial charge < -0.3 is 9.52 Å². The van der Waals surface area contributed by atoms with E-state index in [4.69, 9.17) is 4.42 Å². The fraction of sp³-hybridized carbons (Fsp3) is 0.474. The van der Waals surface area contributed by atoms with E-state index in [-0.39, 0.29) is 0 Å². The minimum atomic E-state index is -0.528. The van der Waals surface area contributed by atoms with E-state index in [0.29, 0.717) is 26.2 Å². The Morgan fingerprint density at radius 3 is 2.62 bits per heavy atom. The monoisotopic (exact) mass is 357 g/mol. The molecule has 0 fully saturated rings. The Bertz CT molecular complexity index is 834. The van der Waals surface area contributed by atoms with Crippen LogP contribution in [0.15, 0.2) is 35.1 Å². The molecule has 0 aliphatic carbocycles. The fourth-order valence-electron chi connectivity index (χ4n) is 3.27. The first-order valence-electron chi connectivity index (χ1n) is 8.83. The summed E-state index contributed by atoms with van der Waals surface area (Å²) >= 11 is 0. The van der Waals surface area contributed by atoms with Crippen molar-refractivity contribution >= 4 is 0 Å². The molecule has 0 spiro atoms. The third kappa shape index (κ3) is 4.62. The van der Waals surface area contributed by atoms with Gasteiger partial charge in [-0.05, 0) is 39.0 Å². The Morgan fingerprint density at radius 1 is 1.23 bits per heavy atom. The first kappa shape index (κ1) is 18.4.